The first-order valence-electron chi connectivity index (χ1n) is 4.88. The minimum Gasteiger partial charge on any atom is -0.392 e. The van der Waals surface area contributed by atoms with E-state index in [1.807, 2.05) is 30.3 Å². The third-order valence-corrected chi connectivity index (χ3v) is 4.13. The molecule has 0 spiro atoms. The summed E-state index contributed by atoms with van der Waals surface area (Å²) < 4.78 is 1.95. The SMILES string of the molecule is OCc1ccc(Br)cc1Sc1ccc(Br)cn1. The maximum Gasteiger partial charge on any atom is 0.101 e. The van der Waals surface area contributed by atoms with Gasteiger partial charge in [0.25, 0.3) is 0 Å². The van der Waals surface area contributed by atoms with E-state index in [1.165, 1.54) is 11.8 Å². The lowest BCUT2D eigenvalue weighted by Crippen LogP contribution is -1.88. The molecule has 0 aliphatic heterocycles. The smallest absolute Gasteiger partial charge is 0.101 e. The predicted molar refractivity (Wildman–Crippen MR) is 76.1 cm³/mol. The molecule has 17 heavy (non-hydrogen) atoms. The van der Waals surface area contributed by atoms with Gasteiger partial charge in [0, 0.05) is 20.0 Å². The molecule has 0 unspecified atom stereocenters. The van der Waals surface area contributed by atoms with Crippen LogP contribution in [0.3, 0.4) is 0 Å². The molecule has 0 saturated heterocycles. The Morgan fingerprint density at radius 3 is 2.53 bits per heavy atom. The molecule has 5 heteroatoms. The van der Waals surface area contributed by atoms with E-state index in [1.54, 1.807) is 6.20 Å². The maximum atomic E-state index is 9.27. The summed E-state index contributed by atoms with van der Waals surface area (Å²) in [6, 6.07) is 9.71. The van der Waals surface area contributed by atoms with Crippen molar-refractivity contribution in [3.8, 4) is 0 Å². The Hall–Kier alpha value is -0.360. The molecule has 0 radical (unpaired) electrons. The Morgan fingerprint density at radius 2 is 1.88 bits per heavy atom. The van der Waals surface area contributed by atoms with E-state index < -0.39 is 0 Å². The van der Waals surface area contributed by atoms with Crippen molar-refractivity contribution in [2.75, 3.05) is 0 Å². The van der Waals surface area contributed by atoms with Crippen molar-refractivity contribution in [2.45, 2.75) is 16.5 Å². The van der Waals surface area contributed by atoms with Crippen LogP contribution in [0.5, 0.6) is 0 Å². The maximum absolute atomic E-state index is 9.27. The first-order chi connectivity index (χ1) is 8.19. The standard InChI is InChI=1S/C12H9Br2NOS/c13-9-2-1-8(7-16)11(5-9)17-12-4-3-10(14)6-15-12/h1-6,16H,7H2. The van der Waals surface area contributed by atoms with E-state index >= 15 is 0 Å². The first kappa shape index (κ1) is 13.1. The van der Waals surface area contributed by atoms with E-state index in [-0.39, 0.29) is 6.61 Å². The van der Waals surface area contributed by atoms with Crippen molar-refractivity contribution in [3.05, 3.63) is 51.0 Å². The molecular formula is C12H9Br2NOS. The van der Waals surface area contributed by atoms with Crippen molar-refractivity contribution in [3.63, 3.8) is 0 Å². The summed E-state index contributed by atoms with van der Waals surface area (Å²) in [6.07, 6.45) is 1.76. The largest absolute Gasteiger partial charge is 0.392 e. The van der Waals surface area contributed by atoms with Crippen molar-refractivity contribution in [2.24, 2.45) is 0 Å². The Morgan fingerprint density at radius 1 is 1.12 bits per heavy atom. The third kappa shape index (κ3) is 3.55. The van der Waals surface area contributed by atoms with Gasteiger partial charge in [0.1, 0.15) is 5.03 Å². The monoisotopic (exact) mass is 373 g/mol. The van der Waals surface area contributed by atoms with Crippen LogP contribution < -0.4 is 0 Å². The summed E-state index contributed by atoms with van der Waals surface area (Å²) >= 11 is 8.32. The molecule has 0 amide bonds. The summed E-state index contributed by atoms with van der Waals surface area (Å²) in [4.78, 5) is 5.31. The van der Waals surface area contributed by atoms with Gasteiger partial charge in [0.15, 0.2) is 0 Å². The summed E-state index contributed by atoms with van der Waals surface area (Å²) in [6.45, 7) is 0.0339. The number of hydrogen-bond donors (Lipinski definition) is 1. The van der Waals surface area contributed by atoms with E-state index in [0.29, 0.717) is 0 Å². The number of aliphatic hydroxyl groups excluding tert-OH is 1. The van der Waals surface area contributed by atoms with E-state index in [2.05, 4.69) is 36.8 Å². The lowest BCUT2D eigenvalue weighted by Gasteiger charge is -2.07. The fourth-order valence-electron chi connectivity index (χ4n) is 1.29. The molecule has 0 fully saturated rings. The summed E-state index contributed by atoms with van der Waals surface area (Å²) in [5.74, 6) is 0. The topological polar surface area (TPSA) is 33.1 Å². The average molecular weight is 375 g/mol. The van der Waals surface area contributed by atoms with Gasteiger partial charge in [-0.25, -0.2) is 4.98 Å². The van der Waals surface area contributed by atoms with Gasteiger partial charge in [-0.05, 0) is 45.8 Å². The molecule has 0 saturated carbocycles. The van der Waals surface area contributed by atoms with Crippen LogP contribution in [-0.4, -0.2) is 10.1 Å². The molecule has 2 rings (SSSR count). The third-order valence-electron chi connectivity index (χ3n) is 2.11. The second kappa shape index (κ2) is 6.00. The highest BCUT2D eigenvalue weighted by Gasteiger charge is 2.05. The molecular weight excluding hydrogens is 366 g/mol. The normalized spacial score (nSPS) is 10.5. The predicted octanol–water partition coefficient (Wildman–Crippen LogP) is 4.25. The van der Waals surface area contributed by atoms with Crippen molar-refractivity contribution < 1.29 is 5.11 Å². The number of nitrogens with zero attached hydrogens (tertiary/aromatic N) is 1. The Kier molecular flexibility index (Phi) is 4.62. The lowest BCUT2D eigenvalue weighted by atomic mass is 10.2. The molecule has 2 aromatic rings. The molecule has 0 bridgehead atoms. The van der Waals surface area contributed by atoms with E-state index in [4.69, 9.17) is 0 Å². The highest BCUT2D eigenvalue weighted by Crippen LogP contribution is 2.31. The minimum atomic E-state index is 0.0339. The van der Waals surface area contributed by atoms with Crippen LogP contribution in [0.15, 0.2) is 55.4 Å². The highest BCUT2D eigenvalue weighted by atomic mass is 79.9. The first-order valence-corrected chi connectivity index (χ1v) is 7.28. The van der Waals surface area contributed by atoms with Crippen LogP contribution in [0.2, 0.25) is 0 Å². The van der Waals surface area contributed by atoms with Gasteiger partial charge in [-0.1, -0.05) is 33.8 Å². The van der Waals surface area contributed by atoms with Gasteiger partial charge >= 0.3 is 0 Å². The minimum absolute atomic E-state index is 0.0339. The number of hydrogen-bond acceptors (Lipinski definition) is 3. The summed E-state index contributed by atoms with van der Waals surface area (Å²) in [5.41, 5.74) is 0.905. The van der Waals surface area contributed by atoms with Crippen molar-refractivity contribution in [1.29, 1.82) is 0 Å². The Bertz CT molecular complexity index is 516. The lowest BCUT2D eigenvalue weighted by molar-refractivity contribution is 0.279. The van der Waals surface area contributed by atoms with Gasteiger partial charge in [-0.3, -0.25) is 0 Å². The average Bonchev–Trinajstić information content (AvgIpc) is 2.32. The zero-order chi connectivity index (χ0) is 12.3. The van der Waals surface area contributed by atoms with Crippen LogP contribution >= 0.6 is 43.6 Å². The fourth-order valence-corrected chi connectivity index (χ4v) is 2.95. The number of rotatable bonds is 3. The zero-order valence-electron chi connectivity index (χ0n) is 8.73. The number of benzene rings is 1. The van der Waals surface area contributed by atoms with Gasteiger partial charge in [-0.2, -0.15) is 0 Å². The number of aromatic nitrogens is 1. The van der Waals surface area contributed by atoms with Gasteiger partial charge in [0.2, 0.25) is 0 Å². The summed E-state index contributed by atoms with van der Waals surface area (Å²) in [5, 5.41) is 10.2. The number of pyridine rings is 1. The van der Waals surface area contributed by atoms with E-state index in [9.17, 15) is 5.11 Å². The molecule has 1 aromatic heterocycles. The van der Waals surface area contributed by atoms with Crippen LogP contribution in [0, 0.1) is 0 Å². The Balaban J connectivity index is 2.28. The molecule has 0 aliphatic rings. The van der Waals surface area contributed by atoms with E-state index in [0.717, 1.165) is 24.4 Å². The van der Waals surface area contributed by atoms with Gasteiger partial charge < -0.3 is 5.11 Å². The molecule has 2 nitrogen and oxygen atoms in total. The number of halogens is 2. The van der Waals surface area contributed by atoms with Gasteiger partial charge in [0.05, 0.1) is 6.61 Å². The van der Waals surface area contributed by atoms with Crippen LogP contribution in [0.4, 0.5) is 0 Å². The fraction of sp³-hybridized carbons (Fsp3) is 0.0833. The van der Waals surface area contributed by atoms with Crippen LogP contribution in [0.25, 0.3) is 0 Å². The number of aliphatic hydroxyl groups is 1. The highest BCUT2D eigenvalue weighted by molar-refractivity contribution is 9.10. The summed E-state index contributed by atoms with van der Waals surface area (Å²) in [7, 11) is 0. The molecule has 1 aromatic carbocycles. The van der Waals surface area contributed by atoms with Crippen molar-refractivity contribution >= 4 is 43.6 Å². The second-order valence-corrected chi connectivity index (χ2v) is 6.22. The molecule has 0 aliphatic carbocycles. The quantitative estimate of drug-likeness (QED) is 0.871. The Labute approximate surface area is 121 Å². The molecule has 88 valence electrons. The molecule has 1 N–H and O–H groups in total. The second-order valence-electron chi connectivity index (χ2n) is 3.33. The zero-order valence-corrected chi connectivity index (χ0v) is 12.7. The van der Waals surface area contributed by atoms with Crippen molar-refractivity contribution in [1.82, 2.24) is 4.98 Å². The molecule has 0 atom stereocenters. The van der Waals surface area contributed by atoms with Crippen LogP contribution in [-0.2, 0) is 6.61 Å². The molecule has 1 heterocycles. The van der Waals surface area contributed by atoms with Gasteiger partial charge in [-0.15, -0.1) is 0 Å². The van der Waals surface area contributed by atoms with Crippen LogP contribution in [0.1, 0.15) is 5.56 Å².